The Balaban J connectivity index is 2.02. The molecule has 5 heteroatoms. The summed E-state index contributed by atoms with van der Waals surface area (Å²) in [4.78, 5) is 12.1. The number of nitrogens with one attached hydrogen (secondary N) is 1. The van der Waals surface area contributed by atoms with E-state index in [4.69, 9.17) is 27.9 Å². The molecule has 0 aliphatic carbocycles. The summed E-state index contributed by atoms with van der Waals surface area (Å²) in [6.07, 6.45) is -0.667. The van der Waals surface area contributed by atoms with Crippen LogP contribution in [0.2, 0.25) is 10.0 Å². The van der Waals surface area contributed by atoms with E-state index in [9.17, 15) is 4.79 Å². The number of carbonyl (C=O) groups is 1. The van der Waals surface area contributed by atoms with E-state index in [0.29, 0.717) is 15.8 Å². The van der Waals surface area contributed by atoms with Gasteiger partial charge >= 0.3 is 0 Å². The topological polar surface area (TPSA) is 38.3 Å². The Labute approximate surface area is 133 Å². The molecule has 1 unspecified atom stereocenters. The first-order valence-electron chi connectivity index (χ1n) is 6.44. The minimum absolute atomic E-state index is 0.239. The molecule has 1 atom stereocenters. The van der Waals surface area contributed by atoms with Gasteiger partial charge in [0.1, 0.15) is 5.75 Å². The number of hydrogen-bond acceptors (Lipinski definition) is 2. The lowest BCUT2D eigenvalue weighted by Gasteiger charge is -2.15. The van der Waals surface area contributed by atoms with Gasteiger partial charge in [0.15, 0.2) is 6.10 Å². The zero-order valence-corrected chi connectivity index (χ0v) is 13.2. The van der Waals surface area contributed by atoms with Gasteiger partial charge in [-0.25, -0.2) is 0 Å². The molecule has 0 bridgehead atoms. The molecule has 3 nitrogen and oxygen atoms in total. The van der Waals surface area contributed by atoms with E-state index in [1.807, 2.05) is 31.2 Å². The smallest absolute Gasteiger partial charge is 0.265 e. The Bertz CT molecular complexity index is 638. The van der Waals surface area contributed by atoms with E-state index in [1.165, 1.54) is 0 Å². The molecule has 0 saturated heterocycles. The Morgan fingerprint density at radius 1 is 1.14 bits per heavy atom. The van der Waals surface area contributed by atoms with Gasteiger partial charge < -0.3 is 10.1 Å². The van der Waals surface area contributed by atoms with Crippen molar-refractivity contribution in [3.8, 4) is 5.75 Å². The molecule has 0 radical (unpaired) electrons. The monoisotopic (exact) mass is 323 g/mol. The molecule has 21 heavy (non-hydrogen) atoms. The highest BCUT2D eigenvalue weighted by atomic mass is 35.5. The van der Waals surface area contributed by atoms with E-state index in [1.54, 1.807) is 25.1 Å². The third kappa shape index (κ3) is 4.66. The molecule has 2 rings (SSSR count). The highest BCUT2D eigenvalue weighted by Crippen LogP contribution is 2.25. The van der Waals surface area contributed by atoms with Crippen LogP contribution in [0.3, 0.4) is 0 Å². The maximum Gasteiger partial charge on any atom is 0.265 e. The number of carbonyl (C=O) groups excluding carboxylic acids is 1. The molecule has 0 spiro atoms. The van der Waals surface area contributed by atoms with Crippen LogP contribution in [0.5, 0.6) is 5.75 Å². The molecule has 2 aromatic carbocycles. The molecular weight excluding hydrogens is 309 g/mol. The molecule has 0 saturated carbocycles. The number of rotatable bonds is 4. The number of anilines is 1. The predicted molar refractivity (Wildman–Crippen MR) is 86.4 cm³/mol. The molecule has 1 amide bonds. The molecular formula is C16H15Cl2NO2. The maximum absolute atomic E-state index is 12.1. The van der Waals surface area contributed by atoms with E-state index in [-0.39, 0.29) is 5.91 Å². The summed E-state index contributed by atoms with van der Waals surface area (Å²) in [6.45, 7) is 3.63. The van der Waals surface area contributed by atoms with Crippen molar-refractivity contribution in [1.82, 2.24) is 0 Å². The molecule has 0 aliphatic heterocycles. The second kappa shape index (κ2) is 6.83. The van der Waals surface area contributed by atoms with Crippen molar-refractivity contribution in [3.63, 3.8) is 0 Å². The summed E-state index contributed by atoms with van der Waals surface area (Å²) in [5, 5.41) is 3.73. The Hall–Kier alpha value is -1.71. The first-order chi connectivity index (χ1) is 9.94. The SMILES string of the molecule is Cc1cccc(NC(=O)C(C)Oc2cc(Cl)cc(Cl)c2)c1. The fraction of sp³-hybridized carbons (Fsp3) is 0.188. The van der Waals surface area contributed by atoms with Crippen molar-refractivity contribution in [2.45, 2.75) is 20.0 Å². The summed E-state index contributed by atoms with van der Waals surface area (Å²) in [6, 6.07) is 12.4. The quantitative estimate of drug-likeness (QED) is 0.885. The summed E-state index contributed by atoms with van der Waals surface area (Å²) < 4.78 is 5.56. The average Bonchev–Trinajstić information content (AvgIpc) is 2.37. The minimum Gasteiger partial charge on any atom is -0.481 e. The summed E-state index contributed by atoms with van der Waals surface area (Å²) >= 11 is 11.8. The average molecular weight is 324 g/mol. The first kappa shape index (κ1) is 15.7. The van der Waals surface area contributed by atoms with Crippen molar-refractivity contribution in [3.05, 3.63) is 58.1 Å². The Kier molecular flexibility index (Phi) is 5.10. The lowest BCUT2D eigenvalue weighted by atomic mass is 10.2. The molecule has 110 valence electrons. The van der Waals surface area contributed by atoms with Gasteiger partial charge in [-0.15, -0.1) is 0 Å². The van der Waals surface area contributed by atoms with E-state index >= 15 is 0 Å². The number of benzene rings is 2. The standard InChI is InChI=1S/C16H15Cl2NO2/c1-10-4-3-5-14(6-10)19-16(20)11(2)21-15-8-12(17)7-13(18)9-15/h3-9,11H,1-2H3,(H,19,20). The lowest BCUT2D eigenvalue weighted by molar-refractivity contribution is -0.122. The number of ether oxygens (including phenoxy) is 1. The van der Waals surface area contributed by atoms with Crippen molar-refractivity contribution >= 4 is 34.8 Å². The van der Waals surface area contributed by atoms with Crippen molar-refractivity contribution in [2.75, 3.05) is 5.32 Å². The number of amides is 1. The number of hydrogen-bond donors (Lipinski definition) is 1. The maximum atomic E-state index is 12.1. The van der Waals surface area contributed by atoms with E-state index in [0.717, 1.165) is 11.3 Å². The van der Waals surface area contributed by atoms with Gasteiger partial charge in [-0.1, -0.05) is 35.3 Å². The van der Waals surface area contributed by atoms with Crippen LogP contribution < -0.4 is 10.1 Å². The Morgan fingerprint density at radius 3 is 2.43 bits per heavy atom. The number of halogens is 2. The van der Waals surface area contributed by atoms with Crippen LogP contribution >= 0.6 is 23.2 Å². The highest BCUT2D eigenvalue weighted by Gasteiger charge is 2.15. The van der Waals surface area contributed by atoms with Gasteiger partial charge in [-0.05, 0) is 49.7 Å². The molecule has 0 aromatic heterocycles. The zero-order valence-electron chi connectivity index (χ0n) is 11.7. The van der Waals surface area contributed by atoms with Crippen molar-refractivity contribution in [2.24, 2.45) is 0 Å². The number of aryl methyl sites for hydroxylation is 1. The third-order valence-electron chi connectivity index (χ3n) is 2.80. The van der Waals surface area contributed by atoms with Gasteiger partial charge in [0.25, 0.3) is 5.91 Å². The molecule has 2 aromatic rings. The van der Waals surface area contributed by atoms with Crippen LogP contribution in [-0.2, 0) is 4.79 Å². The van der Waals surface area contributed by atoms with Crippen molar-refractivity contribution < 1.29 is 9.53 Å². The lowest BCUT2D eigenvalue weighted by Crippen LogP contribution is -2.30. The van der Waals surface area contributed by atoms with Gasteiger partial charge in [0.2, 0.25) is 0 Å². The van der Waals surface area contributed by atoms with Crippen molar-refractivity contribution in [1.29, 1.82) is 0 Å². The minimum atomic E-state index is -0.667. The zero-order chi connectivity index (χ0) is 15.4. The second-order valence-electron chi connectivity index (χ2n) is 4.72. The van der Waals surface area contributed by atoms with Crippen LogP contribution in [0.4, 0.5) is 5.69 Å². The Morgan fingerprint density at radius 2 is 1.81 bits per heavy atom. The predicted octanol–water partition coefficient (Wildman–Crippen LogP) is 4.71. The first-order valence-corrected chi connectivity index (χ1v) is 7.20. The molecule has 1 N–H and O–H groups in total. The normalized spacial score (nSPS) is 11.8. The molecule has 0 aliphatic rings. The largest absolute Gasteiger partial charge is 0.481 e. The second-order valence-corrected chi connectivity index (χ2v) is 5.60. The fourth-order valence-electron chi connectivity index (χ4n) is 1.82. The highest BCUT2D eigenvalue weighted by molar-refractivity contribution is 6.34. The van der Waals surface area contributed by atoms with E-state index < -0.39 is 6.10 Å². The van der Waals surface area contributed by atoms with Crippen LogP contribution in [0.1, 0.15) is 12.5 Å². The summed E-state index contributed by atoms with van der Waals surface area (Å²) in [5.41, 5.74) is 1.81. The van der Waals surface area contributed by atoms with Gasteiger partial charge in [0.05, 0.1) is 0 Å². The van der Waals surface area contributed by atoms with Crippen LogP contribution in [-0.4, -0.2) is 12.0 Å². The van der Waals surface area contributed by atoms with Gasteiger partial charge in [0, 0.05) is 15.7 Å². The third-order valence-corrected chi connectivity index (χ3v) is 3.24. The van der Waals surface area contributed by atoms with Crippen LogP contribution in [0.15, 0.2) is 42.5 Å². The summed E-state index contributed by atoms with van der Waals surface area (Å²) in [7, 11) is 0. The molecule has 0 fully saturated rings. The summed E-state index contributed by atoms with van der Waals surface area (Å²) in [5.74, 6) is 0.219. The fourth-order valence-corrected chi connectivity index (χ4v) is 2.33. The van der Waals surface area contributed by atoms with Crippen LogP contribution in [0, 0.1) is 6.92 Å². The van der Waals surface area contributed by atoms with E-state index in [2.05, 4.69) is 5.32 Å². The molecule has 0 heterocycles. The van der Waals surface area contributed by atoms with Crippen LogP contribution in [0.25, 0.3) is 0 Å². The van der Waals surface area contributed by atoms with Gasteiger partial charge in [-0.3, -0.25) is 4.79 Å². The van der Waals surface area contributed by atoms with Gasteiger partial charge in [-0.2, -0.15) is 0 Å².